The number of thiazole rings is 1. The molecular formula is C19H25N3O3S. The molecule has 1 aromatic carbocycles. The van der Waals surface area contributed by atoms with Gasteiger partial charge in [-0.15, -0.1) is 11.3 Å². The van der Waals surface area contributed by atoms with Crippen LogP contribution in [-0.4, -0.2) is 53.2 Å². The first-order valence-electron chi connectivity index (χ1n) is 9.23. The Morgan fingerprint density at radius 2 is 2.23 bits per heavy atom. The third-order valence-corrected chi connectivity index (χ3v) is 6.36. The molecule has 2 fully saturated rings. The highest BCUT2D eigenvalue weighted by Gasteiger charge is 2.36. The number of nitrogens with one attached hydrogen (secondary N) is 1. The number of fused-ring (bicyclic) bond motifs is 1. The summed E-state index contributed by atoms with van der Waals surface area (Å²) in [5.74, 6) is 0.866. The van der Waals surface area contributed by atoms with E-state index in [4.69, 9.17) is 9.84 Å². The number of methoxy groups -OCH3 is 1. The van der Waals surface area contributed by atoms with Crippen molar-refractivity contribution in [2.45, 2.75) is 44.3 Å². The van der Waals surface area contributed by atoms with Gasteiger partial charge in [-0.3, -0.25) is 9.69 Å². The van der Waals surface area contributed by atoms with Gasteiger partial charge in [0.1, 0.15) is 10.8 Å². The Kier molecular flexibility index (Phi) is 5.11. The van der Waals surface area contributed by atoms with E-state index < -0.39 is 5.97 Å². The summed E-state index contributed by atoms with van der Waals surface area (Å²) in [4.78, 5) is 17.9. The standard InChI is InChI=1S/C19H25N3O3S/c1-25-15-4-5-16-17(8-15)26-18(21-16)9-20-13-6-14(7-13)22(11-19(23)24)10-12-2-3-12/h4-5,8,12-14,20H,2-3,6-7,9-11H2,1H3,(H,23,24). The molecule has 2 N–H and O–H groups in total. The van der Waals surface area contributed by atoms with Crippen molar-refractivity contribution in [3.05, 3.63) is 23.2 Å². The minimum Gasteiger partial charge on any atom is -0.497 e. The zero-order valence-electron chi connectivity index (χ0n) is 15.0. The molecule has 0 atom stereocenters. The Bertz CT molecular complexity index is 783. The van der Waals surface area contributed by atoms with E-state index in [0.717, 1.165) is 52.8 Å². The zero-order chi connectivity index (χ0) is 18.1. The van der Waals surface area contributed by atoms with Crippen LogP contribution in [0.15, 0.2) is 18.2 Å². The Morgan fingerprint density at radius 1 is 1.42 bits per heavy atom. The highest BCUT2D eigenvalue weighted by Crippen LogP contribution is 2.34. The number of aromatic nitrogens is 1. The summed E-state index contributed by atoms with van der Waals surface area (Å²) in [5.41, 5.74) is 1.01. The molecule has 2 aromatic rings. The van der Waals surface area contributed by atoms with Crippen LogP contribution in [0.5, 0.6) is 5.75 Å². The summed E-state index contributed by atoms with van der Waals surface area (Å²) >= 11 is 1.69. The van der Waals surface area contributed by atoms with Gasteiger partial charge in [0, 0.05) is 25.2 Å². The number of hydrogen-bond acceptors (Lipinski definition) is 6. The van der Waals surface area contributed by atoms with Crippen molar-refractivity contribution in [2.75, 3.05) is 20.2 Å². The van der Waals surface area contributed by atoms with Gasteiger partial charge in [0.25, 0.3) is 0 Å². The molecule has 1 heterocycles. The van der Waals surface area contributed by atoms with E-state index in [1.807, 2.05) is 18.2 Å². The molecule has 0 spiro atoms. The summed E-state index contributed by atoms with van der Waals surface area (Å²) in [7, 11) is 1.68. The molecule has 2 saturated carbocycles. The first-order valence-corrected chi connectivity index (χ1v) is 10.0. The van der Waals surface area contributed by atoms with Gasteiger partial charge in [-0.05, 0) is 49.8 Å². The Morgan fingerprint density at radius 3 is 2.92 bits per heavy atom. The third kappa shape index (κ3) is 4.16. The fourth-order valence-electron chi connectivity index (χ4n) is 3.59. The van der Waals surface area contributed by atoms with Crippen molar-refractivity contribution in [3.63, 3.8) is 0 Å². The summed E-state index contributed by atoms with van der Waals surface area (Å²) in [6.07, 6.45) is 4.57. The van der Waals surface area contributed by atoms with Crippen molar-refractivity contribution in [3.8, 4) is 5.75 Å². The monoisotopic (exact) mass is 375 g/mol. The quantitative estimate of drug-likeness (QED) is 0.702. The maximum absolute atomic E-state index is 11.1. The SMILES string of the molecule is COc1ccc2nc(CNC3CC(N(CC(=O)O)CC4CC4)C3)sc2c1. The van der Waals surface area contributed by atoms with Crippen LogP contribution in [-0.2, 0) is 11.3 Å². The van der Waals surface area contributed by atoms with Gasteiger partial charge >= 0.3 is 5.97 Å². The normalized spacial score (nSPS) is 22.5. The van der Waals surface area contributed by atoms with Crippen LogP contribution in [0, 0.1) is 5.92 Å². The van der Waals surface area contributed by atoms with E-state index in [1.165, 1.54) is 12.8 Å². The average Bonchev–Trinajstić information content (AvgIpc) is 3.29. The summed E-state index contributed by atoms with van der Waals surface area (Å²) < 4.78 is 6.41. The average molecular weight is 375 g/mol. The van der Waals surface area contributed by atoms with E-state index in [2.05, 4.69) is 15.2 Å². The molecule has 0 saturated heterocycles. The number of aliphatic carboxylic acids is 1. The van der Waals surface area contributed by atoms with E-state index in [0.29, 0.717) is 12.1 Å². The summed E-state index contributed by atoms with van der Waals surface area (Å²) in [6.45, 7) is 1.89. The molecule has 0 unspecified atom stereocenters. The predicted octanol–water partition coefficient (Wildman–Crippen LogP) is 2.72. The van der Waals surface area contributed by atoms with Crippen LogP contribution in [0.2, 0.25) is 0 Å². The highest BCUT2D eigenvalue weighted by molar-refractivity contribution is 7.18. The Balaban J connectivity index is 1.27. The molecule has 1 aromatic heterocycles. The van der Waals surface area contributed by atoms with Gasteiger partial charge in [-0.25, -0.2) is 4.98 Å². The summed E-state index contributed by atoms with van der Waals surface area (Å²) in [6, 6.07) is 6.82. The number of hydrogen-bond donors (Lipinski definition) is 2. The maximum atomic E-state index is 11.1. The van der Waals surface area contributed by atoms with Crippen molar-refractivity contribution >= 4 is 27.5 Å². The number of benzene rings is 1. The highest BCUT2D eigenvalue weighted by atomic mass is 32.1. The lowest BCUT2D eigenvalue weighted by Gasteiger charge is -2.42. The second kappa shape index (κ2) is 7.50. The van der Waals surface area contributed by atoms with Crippen LogP contribution in [0.4, 0.5) is 0 Å². The van der Waals surface area contributed by atoms with Gasteiger partial charge in [0.15, 0.2) is 0 Å². The molecule has 0 amide bonds. The Labute approximate surface area is 157 Å². The lowest BCUT2D eigenvalue weighted by Crippen LogP contribution is -2.54. The lowest BCUT2D eigenvalue weighted by atomic mass is 9.85. The van der Waals surface area contributed by atoms with Crippen LogP contribution in [0.1, 0.15) is 30.7 Å². The predicted molar refractivity (Wildman–Crippen MR) is 102 cm³/mol. The molecule has 2 aliphatic carbocycles. The third-order valence-electron chi connectivity index (χ3n) is 5.34. The van der Waals surface area contributed by atoms with Crippen LogP contribution in [0.3, 0.4) is 0 Å². The first kappa shape index (κ1) is 17.7. The van der Waals surface area contributed by atoms with Gasteiger partial charge in [0.05, 0.1) is 23.9 Å². The van der Waals surface area contributed by atoms with E-state index in [1.54, 1.807) is 18.4 Å². The van der Waals surface area contributed by atoms with Crippen molar-refractivity contribution < 1.29 is 14.6 Å². The number of carboxylic acids is 1. The molecule has 2 aliphatic rings. The summed E-state index contributed by atoms with van der Waals surface area (Å²) in [5, 5.41) is 13.8. The van der Waals surface area contributed by atoms with Crippen molar-refractivity contribution in [2.24, 2.45) is 5.92 Å². The van der Waals surface area contributed by atoms with Crippen LogP contribution < -0.4 is 10.1 Å². The van der Waals surface area contributed by atoms with E-state index >= 15 is 0 Å². The van der Waals surface area contributed by atoms with Gasteiger partial charge in [0.2, 0.25) is 0 Å². The van der Waals surface area contributed by atoms with Crippen molar-refractivity contribution in [1.29, 1.82) is 0 Å². The number of carboxylic acid groups (broad SMARTS) is 1. The fourth-order valence-corrected chi connectivity index (χ4v) is 4.53. The lowest BCUT2D eigenvalue weighted by molar-refractivity contribution is -0.139. The molecule has 7 heteroatoms. The fraction of sp³-hybridized carbons (Fsp3) is 0.579. The molecule has 4 rings (SSSR count). The maximum Gasteiger partial charge on any atom is 0.317 e. The Hall–Kier alpha value is -1.70. The van der Waals surface area contributed by atoms with Gasteiger partial charge in [-0.2, -0.15) is 0 Å². The topological polar surface area (TPSA) is 74.7 Å². The molecular weight excluding hydrogens is 350 g/mol. The molecule has 0 radical (unpaired) electrons. The van der Waals surface area contributed by atoms with Crippen LogP contribution in [0.25, 0.3) is 10.2 Å². The smallest absolute Gasteiger partial charge is 0.317 e. The molecule has 6 nitrogen and oxygen atoms in total. The zero-order valence-corrected chi connectivity index (χ0v) is 15.8. The van der Waals surface area contributed by atoms with Crippen LogP contribution >= 0.6 is 11.3 Å². The van der Waals surface area contributed by atoms with E-state index in [9.17, 15) is 4.79 Å². The van der Waals surface area contributed by atoms with E-state index in [-0.39, 0.29) is 6.54 Å². The molecule has 140 valence electrons. The molecule has 0 aliphatic heterocycles. The first-order chi connectivity index (χ1) is 12.6. The number of carbonyl (C=O) groups is 1. The molecule has 0 bridgehead atoms. The largest absolute Gasteiger partial charge is 0.497 e. The minimum atomic E-state index is -0.716. The van der Waals surface area contributed by atoms with Gasteiger partial charge < -0.3 is 15.2 Å². The van der Waals surface area contributed by atoms with Gasteiger partial charge in [-0.1, -0.05) is 0 Å². The number of nitrogens with zero attached hydrogens (tertiary/aromatic N) is 2. The second-order valence-electron chi connectivity index (χ2n) is 7.41. The number of ether oxygens (including phenoxy) is 1. The second-order valence-corrected chi connectivity index (χ2v) is 8.53. The van der Waals surface area contributed by atoms with Crippen molar-refractivity contribution in [1.82, 2.24) is 15.2 Å². The molecule has 26 heavy (non-hydrogen) atoms. The minimum absolute atomic E-state index is 0.174. The number of rotatable bonds is 9.